The molecule has 0 amide bonds. The molecule has 0 saturated heterocycles. The maximum atomic E-state index is 2.75. The van der Waals surface area contributed by atoms with Gasteiger partial charge in [0.25, 0.3) is 0 Å². The van der Waals surface area contributed by atoms with Crippen LogP contribution in [0.1, 0.15) is 77.2 Å². The number of fused-ring (bicyclic) bond motifs is 1. The van der Waals surface area contributed by atoms with E-state index in [0.29, 0.717) is 9.54 Å². The summed E-state index contributed by atoms with van der Waals surface area (Å²) in [4.78, 5) is 0. The van der Waals surface area contributed by atoms with Gasteiger partial charge in [-0.25, -0.2) is 0 Å². The van der Waals surface area contributed by atoms with Crippen molar-refractivity contribution in [2.45, 2.75) is 75.2 Å². The van der Waals surface area contributed by atoms with Crippen LogP contribution >= 0.6 is 0 Å². The van der Waals surface area contributed by atoms with E-state index in [1.165, 1.54) is 33.4 Å². The summed E-state index contributed by atoms with van der Waals surface area (Å²) in [6.45, 7) is 24.0. The summed E-state index contributed by atoms with van der Waals surface area (Å²) in [6.07, 6.45) is 0. The first-order valence-electron chi connectivity index (χ1n) is 12.5. The zero-order valence-corrected chi connectivity index (χ0v) is 26.6. The van der Waals surface area contributed by atoms with E-state index in [0.717, 1.165) is 0 Å². The molecule has 0 spiro atoms. The zero-order valence-electron chi connectivity index (χ0n) is 22.7. The third kappa shape index (κ3) is 3.38. The summed E-state index contributed by atoms with van der Waals surface area (Å²) >= 11 is -3.49. The van der Waals surface area contributed by atoms with Gasteiger partial charge in [-0.3, -0.25) is 0 Å². The number of allylic oxidation sites excluding steroid dienone is 5. The molecule has 4 rings (SSSR count). The Hall–Kier alpha value is -1.24. The normalized spacial score (nSPS) is 21.5. The Bertz CT molecular complexity index is 1360. The summed E-state index contributed by atoms with van der Waals surface area (Å²) in [5, 5.41) is 0. The van der Waals surface area contributed by atoms with Gasteiger partial charge in [-0.1, -0.05) is 0 Å². The molecular formula is C31H42SiZr. The fourth-order valence-electron chi connectivity index (χ4n) is 7.56. The van der Waals surface area contributed by atoms with Crippen LogP contribution in [0.25, 0.3) is 5.57 Å². The second kappa shape index (κ2) is 7.89. The maximum absolute atomic E-state index is 3.49. The molecule has 0 fully saturated rings. The first-order valence-corrected chi connectivity index (χ1v) is 26.0. The first kappa shape index (κ1) is 24.9. The number of benzene rings is 2. The Morgan fingerprint density at radius 2 is 1.24 bits per heavy atom. The van der Waals surface area contributed by atoms with E-state index in [1.54, 1.807) is 33.4 Å². The SMILES string of the molecule is CC1=C(C)C(C)[C]([Zr]([CH3])([CH3])(=[SiH2])[CH]2C(C)=C(c3ccccc3)c3c(C)c(C)c(C)c(C)c32)=C1C. The Morgan fingerprint density at radius 1 is 0.697 bits per heavy atom. The molecule has 0 saturated carbocycles. The van der Waals surface area contributed by atoms with Gasteiger partial charge in [0.15, 0.2) is 0 Å². The van der Waals surface area contributed by atoms with Crippen LogP contribution in [0.5, 0.6) is 0 Å². The van der Waals surface area contributed by atoms with Crippen molar-refractivity contribution in [3.05, 3.63) is 94.8 Å². The molecule has 33 heavy (non-hydrogen) atoms. The summed E-state index contributed by atoms with van der Waals surface area (Å²) < 4.78 is 7.89. The summed E-state index contributed by atoms with van der Waals surface area (Å²) in [5.41, 5.74) is 18.4. The van der Waals surface area contributed by atoms with Crippen LogP contribution in [-0.2, 0) is 17.4 Å². The van der Waals surface area contributed by atoms with E-state index in [2.05, 4.69) is 109 Å². The van der Waals surface area contributed by atoms with Crippen LogP contribution in [0, 0.1) is 33.6 Å². The second-order valence-electron chi connectivity index (χ2n) is 12.0. The van der Waals surface area contributed by atoms with Crippen LogP contribution < -0.4 is 0 Å². The Balaban J connectivity index is 2.14. The van der Waals surface area contributed by atoms with E-state index in [4.69, 9.17) is 0 Å². The van der Waals surface area contributed by atoms with Crippen molar-refractivity contribution in [1.29, 1.82) is 0 Å². The molecule has 0 nitrogen and oxygen atoms in total. The Labute approximate surface area is 204 Å². The molecule has 2 aromatic carbocycles. The van der Waals surface area contributed by atoms with Crippen molar-refractivity contribution < 1.29 is 17.4 Å². The molecule has 0 heterocycles. The Morgan fingerprint density at radius 3 is 1.76 bits per heavy atom. The predicted octanol–water partition coefficient (Wildman–Crippen LogP) is 8.39. The third-order valence-corrected chi connectivity index (χ3v) is 26.9. The van der Waals surface area contributed by atoms with Gasteiger partial charge in [0.05, 0.1) is 0 Å². The quantitative estimate of drug-likeness (QED) is 0.348. The van der Waals surface area contributed by atoms with Crippen LogP contribution in [0.2, 0.25) is 9.26 Å². The van der Waals surface area contributed by atoms with E-state index >= 15 is 0 Å². The van der Waals surface area contributed by atoms with Crippen molar-refractivity contribution in [3.8, 4) is 0 Å². The third-order valence-electron chi connectivity index (χ3n) is 9.62. The van der Waals surface area contributed by atoms with E-state index in [9.17, 15) is 0 Å². The van der Waals surface area contributed by atoms with Gasteiger partial charge in [-0.05, 0) is 0 Å². The molecule has 0 bridgehead atoms. The van der Waals surface area contributed by atoms with Gasteiger partial charge in [-0.15, -0.1) is 0 Å². The monoisotopic (exact) mass is 532 g/mol. The van der Waals surface area contributed by atoms with Crippen molar-refractivity contribution in [2.24, 2.45) is 5.92 Å². The van der Waals surface area contributed by atoms with Gasteiger partial charge in [-0.2, -0.15) is 0 Å². The average Bonchev–Trinajstić information content (AvgIpc) is 3.18. The molecule has 0 aromatic heterocycles. The van der Waals surface area contributed by atoms with Crippen molar-refractivity contribution in [2.75, 3.05) is 0 Å². The van der Waals surface area contributed by atoms with Crippen LogP contribution in [0.4, 0.5) is 0 Å². The summed E-state index contributed by atoms with van der Waals surface area (Å²) in [5.74, 6) is 0.577. The summed E-state index contributed by atoms with van der Waals surface area (Å²) in [6, 6.07) is 11.2. The van der Waals surface area contributed by atoms with Crippen LogP contribution in [-0.4, -0.2) is 6.88 Å². The van der Waals surface area contributed by atoms with Gasteiger partial charge < -0.3 is 0 Å². The zero-order chi connectivity index (χ0) is 24.6. The number of hydrogen-bond donors (Lipinski definition) is 0. The van der Waals surface area contributed by atoms with Crippen molar-refractivity contribution in [3.63, 3.8) is 0 Å². The standard InChI is InChI=1S/C20H21.C9H13.2CH3.H2Si.Zr/c1-12-11-18-15(4)13(2)14(3)16(5)20(18)19(12)17-9-7-6-8-10-17;1-6-5-7(2)9(4)8(6)3;;;;/h6-11H,1-5H3;6H,1-4H3;2*1H3;1H2;. The molecule has 0 radical (unpaired) electrons. The van der Waals surface area contributed by atoms with E-state index in [-0.39, 0.29) is 0 Å². The topological polar surface area (TPSA) is 0 Å². The minimum atomic E-state index is -3.49. The molecule has 0 aliphatic heterocycles. The molecule has 2 atom stereocenters. The van der Waals surface area contributed by atoms with Gasteiger partial charge in [0, 0.05) is 0 Å². The molecule has 174 valence electrons. The van der Waals surface area contributed by atoms with Gasteiger partial charge in [0.1, 0.15) is 0 Å². The van der Waals surface area contributed by atoms with E-state index < -0.39 is 17.4 Å². The molecular weight excluding hydrogens is 492 g/mol. The first-order chi connectivity index (χ1) is 15.2. The average molecular weight is 534 g/mol. The number of hydrogen-bond acceptors (Lipinski definition) is 0. The van der Waals surface area contributed by atoms with Crippen molar-refractivity contribution in [1.82, 2.24) is 0 Å². The predicted molar refractivity (Wildman–Crippen MR) is 147 cm³/mol. The Kier molecular flexibility index (Phi) is 5.95. The molecule has 2 unspecified atom stereocenters. The molecule has 2 aromatic rings. The van der Waals surface area contributed by atoms with Crippen LogP contribution in [0.15, 0.2) is 55.9 Å². The van der Waals surface area contributed by atoms with Gasteiger partial charge >= 0.3 is 206 Å². The molecule has 0 N–H and O–H groups in total. The van der Waals surface area contributed by atoms with E-state index in [1.807, 2.05) is 3.28 Å². The fourth-order valence-corrected chi connectivity index (χ4v) is 29.2. The van der Waals surface area contributed by atoms with Crippen molar-refractivity contribution >= 4 is 12.5 Å². The summed E-state index contributed by atoms with van der Waals surface area (Å²) in [7, 11) is 0. The second-order valence-corrected chi connectivity index (χ2v) is 41.5. The number of rotatable bonds is 3. The minimum absolute atomic E-state index is 0.555. The molecule has 2 aliphatic rings. The fraction of sp³-hybridized carbons (Fsp3) is 0.419. The molecule has 2 aliphatic carbocycles. The van der Waals surface area contributed by atoms with Gasteiger partial charge in [0.2, 0.25) is 0 Å². The molecule has 2 heteroatoms. The van der Waals surface area contributed by atoms with Crippen LogP contribution in [0.3, 0.4) is 0 Å².